The van der Waals surface area contributed by atoms with E-state index >= 15 is 0 Å². The molecule has 0 spiro atoms. The lowest BCUT2D eigenvalue weighted by atomic mass is 9.86. The van der Waals surface area contributed by atoms with Crippen LogP contribution in [-0.4, -0.2) is 11.2 Å². The molecule has 0 radical (unpaired) electrons. The summed E-state index contributed by atoms with van der Waals surface area (Å²) in [6.07, 6.45) is -0.197. The highest BCUT2D eigenvalue weighted by Gasteiger charge is 2.53. The van der Waals surface area contributed by atoms with Gasteiger partial charge in [-0.05, 0) is 17.3 Å². The first kappa shape index (κ1) is 10.8. The minimum atomic E-state index is -0.197. The van der Waals surface area contributed by atoms with Crippen molar-refractivity contribution in [2.45, 2.75) is 40.7 Å². The largest absolute Gasteiger partial charge is 0.392 e. The van der Waals surface area contributed by atoms with Gasteiger partial charge in [0.05, 0.1) is 6.10 Å². The van der Waals surface area contributed by atoms with Crippen LogP contribution >= 0.6 is 0 Å². The van der Waals surface area contributed by atoms with E-state index in [2.05, 4.69) is 41.2 Å². The fourth-order valence-electron chi connectivity index (χ4n) is 2.26. The fourth-order valence-corrected chi connectivity index (χ4v) is 2.26. The molecule has 1 aliphatic carbocycles. The molecule has 13 heavy (non-hydrogen) atoms. The molecule has 0 amide bonds. The minimum absolute atomic E-state index is 0.197. The zero-order valence-electron chi connectivity index (χ0n) is 9.46. The highest BCUT2D eigenvalue weighted by atomic mass is 16.3. The lowest BCUT2D eigenvalue weighted by Gasteiger charge is -2.20. The zero-order valence-corrected chi connectivity index (χ0v) is 9.46. The van der Waals surface area contributed by atoms with Crippen LogP contribution in [0, 0.1) is 23.2 Å². The smallest absolute Gasteiger partial charge is 0.0634 e. The summed E-state index contributed by atoms with van der Waals surface area (Å²) in [6, 6.07) is 0. The highest BCUT2D eigenvalue weighted by molar-refractivity contribution is 5.31. The summed E-state index contributed by atoms with van der Waals surface area (Å²) in [6.45, 7) is 14.8. The molecule has 1 N–H and O–H groups in total. The van der Waals surface area contributed by atoms with Crippen molar-refractivity contribution in [3.05, 3.63) is 12.2 Å². The standard InChI is InChI=1S/C12H22O/c1-7(2)11(13)9-8(3)10(9)12(4,5)6/h7,9-11,13H,3H2,1-2,4-6H3/t9-,10-,11-/m1/s1. The Morgan fingerprint density at radius 1 is 1.31 bits per heavy atom. The summed E-state index contributed by atoms with van der Waals surface area (Å²) in [7, 11) is 0. The Labute approximate surface area is 81.9 Å². The number of hydrogen-bond donors (Lipinski definition) is 1. The maximum absolute atomic E-state index is 9.91. The molecule has 0 aromatic heterocycles. The molecular weight excluding hydrogens is 160 g/mol. The minimum Gasteiger partial charge on any atom is -0.392 e. The SMILES string of the molecule is C=C1[C@@H]([C@H](O)C(C)C)[C@@H]1C(C)(C)C. The third-order valence-electron chi connectivity index (χ3n) is 3.06. The van der Waals surface area contributed by atoms with Crippen LogP contribution in [0.5, 0.6) is 0 Å². The van der Waals surface area contributed by atoms with Crippen LogP contribution in [-0.2, 0) is 0 Å². The molecule has 1 rings (SSSR count). The summed E-state index contributed by atoms with van der Waals surface area (Å²) in [5.74, 6) is 1.21. The van der Waals surface area contributed by atoms with Gasteiger partial charge in [0.25, 0.3) is 0 Å². The average molecular weight is 182 g/mol. The van der Waals surface area contributed by atoms with Crippen molar-refractivity contribution >= 4 is 0 Å². The Morgan fingerprint density at radius 2 is 1.77 bits per heavy atom. The second-order valence-electron chi connectivity index (χ2n) is 5.68. The molecule has 1 aliphatic rings. The molecule has 76 valence electrons. The van der Waals surface area contributed by atoms with Crippen molar-refractivity contribution in [2.75, 3.05) is 0 Å². The van der Waals surface area contributed by atoms with Crippen LogP contribution in [0.4, 0.5) is 0 Å². The average Bonchev–Trinajstić information content (AvgIpc) is 2.58. The van der Waals surface area contributed by atoms with Gasteiger partial charge in [0.2, 0.25) is 0 Å². The van der Waals surface area contributed by atoms with Crippen molar-refractivity contribution in [2.24, 2.45) is 23.2 Å². The van der Waals surface area contributed by atoms with E-state index in [1.165, 1.54) is 5.57 Å². The van der Waals surface area contributed by atoms with E-state index in [1.807, 2.05) is 0 Å². The molecule has 1 fully saturated rings. The van der Waals surface area contributed by atoms with E-state index in [9.17, 15) is 5.11 Å². The predicted octanol–water partition coefficient (Wildman–Crippen LogP) is 2.85. The van der Waals surface area contributed by atoms with Gasteiger partial charge in [-0.1, -0.05) is 46.8 Å². The van der Waals surface area contributed by atoms with Gasteiger partial charge in [-0.2, -0.15) is 0 Å². The third-order valence-corrected chi connectivity index (χ3v) is 3.06. The van der Waals surface area contributed by atoms with Crippen LogP contribution in [0.1, 0.15) is 34.6 Å². The molecule has 0 bridgehead atoms. The molecule has 0 aromatic rings. The van der Waals surface area contributed by atoms with Gasteiger partial charge >= 0.3 is 0 Å². The monoisotopic (exact) mass is 182 g/mol. The fraction of sp³-hybridized carbons (Fsp3) is 0.833. The Kier molecular flexibility index (Phi) is 2.59. The molecule has 0 aliphatic heterocycles. The Balaban J connectivity index is 2.64. The maximum Gasteiger partial charge on any atom is 0.0634 e. The van der Waals surface area contributed by atoms with Crippen LogP contribution in [0.3, 0.4) is 0 Å². The van der Waals surface area contributed by atoms with Crippen molar-refractivity contribution < 1.29 is 5.11 Å². The summed E-state index contributed by atoms with van der Waals surface area (Å²) in [5, 5.41) is 9.91. The summed E-state index contributed by atoms with van der Waals surface area (Å²) in [4.78, 5) is 0. The van der Waals surface area contributed by atoms with Crippen LogP contribution in [0.2, 0.25) is 0 Å². The third kappa shape index (κ3) is 1.96. The normalized spacial score (nSPS) is 30.8. The molecule has 0 unspecified atom stereocenters. The summed E-state index contributed by atoms with van der Waals surface area (Å²) < 4.78 is 0. The van der Waals surface area contributed by atoms with Gasteiger partial charge in [0.1, 0.15) is 0 Å². The van der Waals surface area contributed by atoms with Crippen LogP contribution < -0.4 is 0 Å². The Hall–Kier alpha value is -0.300. The van der Waals surface area contributed by atoms with E-state index in [0.29, 0.717) is 17.8 Å². The molecular formula is C12H22O. The van der Waals surface area contributed by atoms with Crippen molar-refractivity contribution in [3.8, 4) is 0 Å². The van der Waals surface area contributed by atoms with E-state index in [0.717, 1.165) is 0 Å². The summed E-state index contributed by atoms with van der Waals surface area (Å²) in [5.41, 5.74) is 1.51. The second-order valence-corrected chi connectivity index (χ2v) is 5.68. The van der Waals surface area contributed by atoms with Gasteiger partial charge in [0, 0.05) is 5.92 Å². The van der Waals surface area contributed by atoms with Gasteiger partial charge in [-0.25, -0.2) is 0 Å². The molecule has 0 heterocycles. The topological polar surface area (TPSA) is 20.2 Å². The molecule has 1 saturated carbocycles. The van der Waals surface area contributed by atoms with Crippen molar-refractivity contribution in [1.82, 2.24) is 0 Å². The predicted molar refractivity (Wildman–Crippen MR) is 56.4 cm³/mol. The number of aliphatic hydroxyl groups is 1. The Bertz CT molecular complexity index is 210. The number of rotatable bonds is 2. The highest BCUT2D eigenvalue weighted by Crippen LogP contribution is 2.57. The van der Waals surface area contributed by atoms with Gasteiger partial charge in [-0.3, -0.25) is 0 Å². The van der Waals surface area contributed by atoms with E-state index < -0.39 is 0 Å². The summed E-state index contributed by atoms with van der Waals surface area (Å²) >= 11 is 0. The second kappa shape index (κ2) is 3.13. The number of aliphatic hydroxyl groups excluding tert-OH is 1. The van der Waals surface area contributed by atoms with Gasteiger partial charge in [-0.15, -0.1) is 0 Å². The maximum atomic E-state index is 9.91. The molecule has 0 aromatic carbocycles. The van der Waals surface area contributed by atoms with E-state index in [4.69, 9.17) is 0 Å². The molecule has 0 saturated heterocycles. The zero-order chi connectivity index (χ0) is 10.4. The molecule has 3 atom stereocenters. The molecule has 1 heteroatoms. The van der Waals surface area contributed by atoms with Crippen LogP contribution in [0.15, 0.2) is 12.2 Å². The lowest BCUT2D eigenvalue weighted by Crippen LogP contribution is -2.21. The van der Waals surface area contributed by atoms with Gasteiger partial charge in [0.15, 0.2) is 0 Å². The van der Waals surface area contributed by atoms with Crippen molar-refractivity contribution in [3.63, 3.8) is 0 Å². The van der Waals surface area contributed by atoms with Crippen molar-refractivity contribution in [1.29, 1.82) is 0 Å². The first-order chi connectivity index (χ1) is 5.76. The first-order valence-corrected chi connectivity index (χ1v) is 5.13. The Morgan fingerprint density at radius 3 is 2.00 bits per heavy atom. The van der Waals surface area contributed by atoms with E-state index in [-0.39, 0.29) is 11.5 Å². The van der Waals surface area contributed by atoms with Crippen LogP contribution in [0.25, 0.3) is 0 Å². The number of hydrogen-bond acceptors (Lipinski definition) is 1. The first-order valence-electron chi connectivity index (χ1n) is 5.13. The lowest BCUT2D eigenvalue weighted by molar-refractivity contribution is 0.0900. The molecule has 1 nitrogen and oxygen atoms in total. The van der Waals surface area contributed by atoms with E-state index in [1.54, 1.807) is 0 Å². The van der Waals surface area contributed by atoms with Gasteiger partial charge < -0.3 is 5.11 Å². The quantitative estimate of drug-likeness (QED) is 0.651.